The first kappa shape index (κ1) is 19.7. The lowest BCUT2D eigenvalue weighted by Gasteiger charge is -2.08. The van der Waals surface area contributed by atoms with Crippen molar-refractivity contribution in [3.05, 3.63) is 68.6 Å². The minimum Gasteiger partial charge on any atom is -0.507 e. The van der Waals surface area contributed by atoms with Gasteiger partial charge in [0.25, 0.3) is 17.5 Å². The van der Waals surface area contributed by atoms with Crippen molar-refractivity contribution in [3.8, 4) is 5.75 Å². The summed E-state index contributed by atoms with van der Waals surface area (Å²) in [4.78, 5) is 37.6. The Balaban J connectivity index is 1.71. The Hall–Kier alpha value is -3.57. The third-order valence-corrected chi connectivity index (χ3v) is 5.92. The fourth-order valence-electron chi connectivity index (χ4n) is 3.08. The van der Waals surface area contributed by atoms with Crippen LogP contribution in [0.4, 0.5) is 11.4 Å². The third-order valence-electron chi connectivity index (χ3n) is 4.56. The second-order valence-corrected chi connectivity index (χ2v) is 7.96. The molecule has 0 radical (unpaired) electrons. The number of non-ortho nitro benzene ring substituents is 1. The number of hydrazone groups is 1. The number of para-hydroxylation sites is 1. The summed E-state index contributed by atoms with van der Waals surface area (Å²) in [6.07, 6.45) is 1.11. The van der Waals surface area contributed by atoms with E-state index < -0.39 is 10.8 Å². The van der Waals surface area contributed by atoms with Gasteiger partial charge in [0.1, 0.15) is 5.75 Å². The zero-order valence-electron chi connectivity index (χ0n) is 15.3. The zero-order chi connectivity index (χ0) is 21.6. The largest absolute Gasteiger partial charge is 0.507 e. The summed E-state index contributed by atoms with van der Waals surface area (Å²) in [6, 6.07) is 10.5. The Bertz CT molecular complexity index is 1210. The van der Waals surface area contributed by atoms with Crippen molar-refractivity contribution in [2.24, 2.45) is 5.10 Å². The molecule has 9 nitrogen and oxygen atoms in total. The number of anilines is 1. The van der Waals surface area contributed by atoms with Gasteiger partial charge >= 0.3 is 0 Å². The predicted molar refractivity (Wildman–Crippen MR) is 116 cm³/mol. The Labute approximate surface area is 179 Å². The van der Waals surface area contributed by atoms with E-state index in [1.54, 1.807) is 31.3 Å². The predicted octanol–water partition coefficient (Wildman–Crippen LogP) is 2.88. The fraction of sp³-hybridized carbons (Fsp3) is 0.0526. The fourth-order valence-corrected chi connectivity index (χ4v) is 4.32. The summed E-state index contributed by atoms with van der Waals surface area (Å²) in [5.74, 6) is -1.15. The average Bonchev–Trinajstić information content (AvgIpc) is 3.14. The molecule has 1 N–H and O–H groups in total. The highest BCUT2D eigenvalue weighted by atomic mass is 32.2. The Morgan fingerprint density at radius 1 is 1.20 bits per heavy atom. The number of phenolic OH excluding ortho intramolecular Hbond substituents is 1. The number of hydrogen-bond donors (Lipinski definition) is 1. The Morgan fingerprint density at radius 3 is 2.67 bits per heavy atom. The number of thioether (sulfide) groups is 1. The number of likely N-dealkylation sites (N-methyl/N-ethyl adjacent to an activating group) is 1. The van der Waals surface area contributed by atoms with Crippen LogP contribution in [0.1, 0.15) is 11.1 Å². The van der Waals surface area contributed by atoms with Crippen LogP contribution in [0.3, 0.4) is 0 Å². The van der Waals surface area contributed by atoms with Crippen molar-refractivity contribution in [2.45, 2.75) is 0 Å². The molecule has 2 aromatic carbocycles. The number of benzene rings is 2. The quantitative estimate of drug-likeness (QED) is 0.256. The minimum absolute atomic E-state index is 0.0490. The van der Waals surface area contributed by atoms with E-state index in [0.29, 0.717) is 11.3 Å². The summed E-state index contributed by atoms with van der Waals surface area (Å²) in [5, 5.41) is 25.8. The number of hydrogen-bond acceptors (Lipinski definition) is 8. The normalized spacial score (nSPS) is 18.6. The smallest absolute Gasteiger partial charge is 0.287 e. The molecule has 0 aliphatic carbocycles. The SMILES string of the molecule is CN1C(=O)C(=C2SC(=S)N(/N=C/c3cc([N+](=O)[O-])ccc3O)C2=O)c2ccccc21. The average molecular weight is 440 g/mol. The van der Waals surface area contributed by atoms with Gasteiger partial charge in [0.15, 0.2) is 4.32 Å². The van der Waals surface area contributed by atoms with Crippen LogP contribution in [0.2, 0.25) is 0 Å². The van der Waals surface area contributed by atoms with Gasteiger partial charge < -0.3 is 10.0 Å². The molecule has 4 rings (SSSR count). The van der Waals surface area contributed by atoms with Crippen molar-refractivity contribution in [1.82, 2.24) is 5.01 Å². The van der Waals surface area contributed by atoms with Crippen LogP contribution in [-0.2, 0) is 9.59 Å². The zero-order valence-corrected chi connectivity index (χ0v) is 16.9. The molecule has 11 heteroatoms. The monoisotopic (exact) mass is 440 g/mol. The number of carbonyl (C=O) groups excluding carboxylic acids is 2. The molecule has 0 atom stereocenters. The van der Waals surface area contributed by atoms with E-state index >= 15 is 0 Å². The van der Waals surface area contributed by atoms with Gasteiger partial charge in [-0.2, -0.15) is 10.1 Å². The van der Waals surface area contributed by atoms with Crippen LogP contribution < -0.4 is 4.90 Å². The maximum absolute atomic E-state index is 13.0. The van der Waals surface area contributed by atoms with Crippen molar-refractivity contribution in [3.63, 3.8) is 0 Å². The van der Waals surface area contributed by atoms with Gasteiger partial charge in [-0.05, 0) is 24.4 Å². The molecule has 0 unspecified atom stereocenters. The summed E-state index contributed by atoms with van der Waals surface area (Å²) in [5.41, 5.74) is 1.38. The van der Waals surface area contributed by atoms with Crippen LogP contribution >= 0.6 is 24.0 Å². The number of amides is 2. The number of phenols is 1. The molecule has 0 saturated carbocycles. The van der Waals surface area contributed by atoms with Gasteiger partial charge in [0.2, 0.25) is 0 Å². The highest BCUT2D eigenvalue weighted by molar-refractivity contribution is 8.26. The van der Waals surface area contributed by atoms with E-state index in [9.17, 15) is 24.8 Å². The number of fused-ring (bicyclic) bond motifs is 1. The van der Waals surface area contributed by atoms with Gasteiger partial charge in [-0.25, -0.2) is 0 Å². The van der Waals surface area contributed by atoms with E-state index in [2.05, 4.69) is 5.10 Å². The van der Waals surface area contributed by atoms with Gasteiger partial charge in [0.05, 0.1) is 27.3 Å². The molecule has 0 aromatic heterocycles. The van der Waals surface area contributed by atoms with E-state index in [4.69, 9.17) is 12.2 Å². The summed E-state index contributed by atoms with van der Waals surface area (Å²) < 4.78 is 0.100. The van der Waals surface area contributed by atoms with E-state index in [0.717, 1.165) is 41.2 Å². The number of nitro benzene ring substituents is 1. The van der Waals surface area contributed by atoms with Crippen LogP contribution in [0.5, 0.6) is 5.75 Å². The summed E-state index contributed by atoms with van der Waals surface area (Å²) in [7, 11) is 1.62. The molecular weight excluding hydrogens is 428 g/mol. The summed E-state index contributed by atoms with van der Waals surface area (Å²) >= 11 is 6.19. The summed E-state index contributed by atoms with van der Waals surface area (Å²) in [6.45, 7) is 0. The molecule has 2 aromatic rings. The second kappa shape index (κ2) is 7.35. The lowest BCUT2D eigenvalue weighted by molar-refractivity contribution is -0.384. The number of aromatic hydroxyl groups is 1. The van der Waals surface area contributed by atoms with Gasteiger partial charge in [-0.1, -0.05) is 30.0 Å². The molecule has 2 heterocycles. The van der Waals surface area contributed by atoms with Crippen molar-refractivity contribution < 1.29 is 19.6 Å². The first-order valence-corrected chi connectivity index (χ1v) is 9.71. The van der Waals surface area contributed by atoms with Gasteiger partial charge in [-0.3, -0.25) is 19.7 Å². The van der Waals surface area contributed by atoms with Crippen LogP contribution in [0, 0.1) is 10.1 Å². The van der Waals surface area contributed by atoms with Crippen molar-refractivity contribution in [2.75, 3.05) is 11.9 Å². The molecule has 2 aliphatic heterocycles. The Morgan fingerprint density at radius 2 is 1.93 bits per heavy atom. The third kappa shape index (κ3) is 3.13. The molecular formula is C19H12N4O5S2. The van der Waals surface area contributed by atoms with E-state index in [-0.39, 0.29) is 37.7 Å². The topological polar surface area (TPSA) is 116 Å². The maximum Gasteiger partial charge on any atom is 0.287 e. The molecule has 0 bridgehead atoms. The first-order valence-electron chi connectivity index (χ1n) is 8.49. The van der Waals surface area contributed by atoms with Crippen LogP contribution in [-0.4, -0.2) is 44.4 Å². The maximum atomic E-state index is 13.0. The highest BCUT2D eigenvalue weighted by Crippen LogP contribution is 2.44. The molecule has 1 saturated heterocycles. The molecule has 2 aliphatic rings. The van der Waals surface area contributed by atoms with Crippen molar-refractivity contribution >= 4 is 63.3 Å². The standard InChI is InChI=1S/C19H12N4O5S2/c1-21-13-5-3-2-4-12(13)15(17(21)25)16-18(26)22(19(29)30-16)20-9-10-8-11(23(27)28)6-7-14(10)24/h2-9,24H,1H3/b16-15?,20-9+. The minimum atomic E-state index is -0.611. The highest BCUT2D eigenvalue weighted by Gasteiger charge is 2.41. The van der Waals surface area contributed by atoms with Crippen molar-refractivity contribution in [1.29, 1.82) is 0 Å². The van der Waals surface area contributed by atoms with Crippen LogP contribution in [0.25, 0.3) is 5.57 Å². The lowest BCUT2D eigenvalue weighted by atomic mass is 10.1. The number of carbonyl (C=O) groups is 2. The molecule has 2 amide bonds. The Kier molecular flexibility index (Phi) is 4.84. The number of nitro groups is 1. The number of thiocarbonyl (C=S) groups is 1. The van der Waals surface area contributed by atoms with Gasteiger partial charge in [-0.15, -0.1) is 0 Å². The lowest BCUT2D eigenvalue weighted by Crippen LogP contribution is -2.24. The number of nitrogens with zero attached hydrogens (tertiary/aromatic N) is 4. The molecule has 150 valence electrons. The van der Waals surface area contributed by atoms with Gasteiger partial charge in [0, 0.05) is 30.3 Å². The van der Waals surface area contributed by atoms with E-state index in [1.165, 1.54) is 4.90 Å². The van der Waals surface area contributed by atoms with E-state index in [1.807, 2.05) is 0 Å². The first-order chi connectivity index (χ1) is 14.3. The molecule has 0 spiro atoms. The second-order valence-electron chi connectivity index (χ2n) is 6.32. The molecule has 30 heavy (non-hydrogen) atoms. The number of rotatable bonds is 3. The molecule has 1 fully saturated rings. The van der Waals surface area contributed by atoms with Crippen LogP contribution in [0.15, 0.2) is 52.5 Å².